The third-order valence-electron chi connectivity index (χ3n) is 3.24. The van der Waals surface area contributed by atoms with Gasteiger partial charge in [0.2, 0.25) is 5.91 Å². The van der Waals surface area contributed by atoms with Crippen molar-refractivity contribution in [2.45, 2.75) is 6.92 Å². The van der Waals surface area contributed by atoms with Crippen molar-refractivity contribution in [3.8, 4) is 10.6 Å². The van der Waals surface area contributed by atoms with Gasteiger partial charge in [-0.3, -0.25) is 9.59 Å². The van der Waals surface area contributed by atoms with Crippen LogP contribution >= 0.6 is 11.3 Å². The average molecular weight is 337 g/mol. The minimum atomic E-state index is -0.214. The van der Waals surface area contributed by atoms with Crippen molar-refractivity contribution in [3.05, 3.63) is 65.7 Å². The highest BCUT2D eigenvalue weighted by molar-refractivity contribution is 7.13. The Kier molecular flexibility index (Phi) is 4.67. The maximum absolute atomic E-state index is 12.5. The highest BCUT2D eigenvalue weighted by atomic mass is 32.1. The molecule has 2 N–H and O–H groups in total. The van der Waals surface area contributed by atoms with Crippen LogP contribution in [0.25, 0.3) is 10.6 Å². The molecule has 3 aromatic rings. The quantitative estimate of drug-likeness (QED) is 0.755. The average Bonchev–Trinajstić information content (AvgIpc) is 3.09. The van der Waals surface area contributed by atoms with E-state index in [2.05, 4.69) is 15.6 Å². The molecule has 24 heavy (non-hydrogen) atoms. The van der Waals surface area contributed by atoms with Gasteiger partial charge in [0.1, 0.15) is 5.01 Å². The molecule has 2 amide bonds. The van der Waals surface area contributed by atoms with Gasteiger partial charge in [-0.1, -0.05) is 18.2 Å². The summed E-state index contributed by atoms with van der Waals surface area (Å²) in [5, 5.41) is 8.30. The molecule has 0 aliphatic carbocycles. The first-order chi connectivity index (χ1) is 11.6. The van der Waals surface area contributed by atoms with Crippen LogP contribution in [0.15, 0.2) is 60.1 Å². The summed E-state index contributed by atoms with van der Waals surface area (Å²) in [6, 6.07) is 14.3. The molecule has 3 rings (SSSR count). The smallest absolute Gasteiger partial charge is 0.255 e. The fourth-order valence-corrected chi connectivity index (χ4v) is 2.88. The minimum Gasteiger partial charge on any atom is -0.326 e. The van der Waals surface area contributed by atoms with Crippen LogP contribution in [0.4, 0.5) is 11.4 Å². The standard InChI is InChI=1S/C18H15N3O2S/c1-12(22)20-15-6-3-7-16(11-15)21-17(23)13-4-2-5-14(10-13)18-19-8-9-24-18/h2-11H,1H3,(H,20,22)(H,21,23). The lowest BCUT2D eigenvalue weighted by atomic mass is 10.1. The van der Waals surface area contributed by atoms with Crippen LogP contribution < -0.4 is 10.6 Å². The molecule has 0 fully saturated rings. The molecule has 0 aliphatic heterocycles. The molecule has 5 nitrogen and oxygen atoms in total. The lowest BCUT2D eigenvalue weighted by Crippen LogP contribution is -2.12. The first-order valence-corrected chi connectivity index (χ1v) is 8.19. The number of nitrogens with zero attached hydrogens (tertiary/aromatic N) is 1. The number of carbonyl (C=O) groups is 2. The number of carbonyl (C=O) groups excluding carboxylic acids is 2. The Balaban J connectivity index is 1.78. The molecular formula is C18H15N3O2S. The van der Waals surface area contributed by atoms with Crippen LogP contribution in [0.3, 0.4) is 0 Å². The summed E-state index contributed by atoms with van der Waals surface area (Å²) in [6.07, 6.45) is 1.74. The summed E-state index contributed by atoms with van der Waals surface area (Å²) in [7, 11) is 0. The number of anilines is 2. The molecule has 0 aliphatic rings. The van der Waals surface area contributed by atoms with Gasteiger partial charge in [0.05, 0.1) is 0 Å². The van der Waals surface area contributed by atoms with Crippen molar-refractivity contribution in [1.82, 2.24) is 4.98 Å². The van der Waals surface area contributed by atoms with Crippen LogP contribution in [-0.4, -0.2) is 16.8 Å². The Bertz CT molecular complexity index is 875. The molecule has 0 saturated heterocycles. The molecule has 0 unspecified atom stereocenters. The number of rotatable bonds is 4. The van der Waals surface area contributed by atoms with Gasteiger partial charge in [-0.2, -0.15) is 0 Å². The predicted molar refractivity (Wildman–Crippen MR) is 96.2 cm³/mol. The summed E-state index contributed by atoms with van der Waals surface area (Å²) in [5.74, 6) is -0.372. The molecule has 1 heterocycles. The second-order valence-electron chi connectivity index (χ2n) is 5.13. The highest BCUT2D eigenvalue weighted by Crippen LogP contribution is 2.23. The lowest BCUT2D eigenvalue weighted by Gasteiger charge is -2.08. The summed E-state index contributed by atoms with van der Waals surface area (Å²) < 4.78 is 0. The Morgan fingerprint density at radius 2 is 1.75 bits per heavy atom. The van der Waals surface area contributed by atoms with Gasteiger partial charge in [0.15, 0.2) is 0 Å². The van der Waals surface area contributed by atoms with Crippen LogP contribution in [-0.2, 0) is 4.79 Å². The maximum atomic E-state index is 12.5. The van der Waals surface area contributed by atoms with E-state index < -0.39 is 0 Å². The number of amides is 2. The lowest BCUT2D eigenvalue weighted by molar-refractivity contribution is -0.114. The number of nitrogens with one attached hydrogen (secondary N) is 2. The van der Waals surface area contributed by atoms with Gasteiger partial charge in [-0.25, -0.2) is 4.98 Å². The second-order valence-corrected chi connectivity index (χ2v) is 6.03. The van der Waals surface area contributed by atoms with Crippen molar-refractivity contribution in [2.75, 3.05) is 10.6 Å². The van der Waals surface area contributed by atoms with Crippen molar-refractivity contribution >= 4 is 34.5 Å². The Morgan fingerprint density at radius 3 is 2.46 bits per heavy atom. The van der Waals surface area contributed by atoms with E-state index in [1.54, 1.807) is 36.5 Å². The van der Waals surface area contributed by atoms with E-state index in [4.69, 9.17) is 0 Å². The summed E-state index contributed by atoms with van der Waals surface area (Å²) in [5.41, 5.74) is 2.71. The topological polar surface area (TPSA) is 71.1 Å². The molecule has 0 atom stereocenters. The molecule has 1 aromatic heterocycles. The summed E-state index contributed by atoms with van der Waals surface area (Å²) in [6.45, 7) is 1.44. The van der Waals surface area contributed by atoms with Gasteiger partial charge in [-0.15, -0.1) is 11.3 Å². The molecule has 2 aromatic carbocycles. The fraction of sp³-hybridized carbons (Fsp3) is 0.0556. The molecule has 120 valence electrons. The molecular weight excluding hydrogens is 322 g/mol. The normalized spacial score (nSPS) is 10.2. The van der Waals surface area contributed by atoms with Crippen molar-refractivity contribution in [2.24, 2.45) is 0 Å². The zero-order chi connectivity index (χ0) is 16.9. The zero-order valence-corrected chi connectivity index (χ0v) is 13.8. The van der Waals surface area contributed by atoms with Crippen LogP contribution in [0.5, 0.6) is 0 Å². The van der Waals surface area contributed by atoms with E-state index in [0.717, 1.165) is 10.6 Å². The van der Waals surface area contributed by atoms with Crippen molar-refractivity contribution in [1.29, 1.82) is 0 Å². The molecule has 0 saturated carbocycles. The number of aromatic nitrogens is 1. The first kappa shape index (κ1) is 15.9. The number of benzene rings is 2. The van der Waals surface area contributed by atoms with E-state index in [9.17, 15) is 9.59 Å². The molecule has 0 bridgehead atoms. The largest absolute Gasteiger partial charge is 0.326 e. The third-order valence-corrected chi connectivity index (χ3v) is 4.07. The summed E-state index contributed by atoms with van der Waals surface area (Å²) in [4.78, 5) is 27.8. The van der Waals surface area contributed by atoms with Crippen LogP contribution in [0.1, 0.15) is 17.3 Å². The SMILES string of the molecule is CC(=O)Nc1cccc(NC(=O)c2cccc(-c3nccs3)c2)c1. The summed E-state index contributed by atoms with van der Waals surface area (Å²) >= 11 is 1.53. The van der Waals surface area contributed by atoms with E-state index in [1.165, 1.54) is 18.3 Å². The van der Waals surface area contributed by atoms with Gasteiger partial charge in [0.25, 0.3) is 5.91 Å². The maximum Gasteiger partial charge on any atom is 0.255 e. The van der Waals surface area contributed by atoms with Gasteiger partial charge >= 0.3 is 0 Å². The Hall–Kier alpha value is -2.99. The Labute approximate surface area is 143 Å². The van der Waals surface area contributed by atoms with Gasteiger partial charge < -0.3 is 10.6 Å². The van der Waals surface area contributed by atoms with Gasteiger partial charge in [-0.05, 0) is 30.3 Å². The number of hydrogen-bond acceptors (Lipinski definition) is 4. The number of thiazole rings is 1. The minimum absolute atomic E-state index is 0.158. The van der Waals surface area contributed by atoms with E-state index in [0.29, 0.717) is 16.9 Å². The second kappa shape index (κ2) is 7.06. The van der Waals surface area contributed by atoms with Gasteiger partial charge in [0, 0.05) is 41.0 Å². The fourth-order valence-electron chi connectivity index (χ4n) is 2.24. The molecule has 0 radical (unpaired) electrons. The monoisotopic (exact) mass is 337 g/mol. The van der Waals surface area contributed by atoms with Crippen LogP contribution in [0.2, 0.25) is 0 Å². The highest BCUT2D eigenvalue weighted by Gasteiger charge is 2.09. The van der Waals surface area contributed by atoms with E-state index in [-0.39, 0.29) is 11.8 Å². The van der Waals surface area contributed by atoms with E-state index >= 15 is 0 Å². The zero-order valence-electron chi connectivity index (χ0n) is 12.9. The molecule has 6 heteroatoms. The van der Waals surface area contributed by atoms with Crippen molar-refractivity contribution in [3.63, 3.8) is 0 Å². The van der Waals surface area contributed by atoms with Crippen LogP contribution in [0, 0.1) is 0 Å². The Morgan fingerprint density at radius 1 is 1.00 bits per heavy atom. The third kappa shape index (κ3) is 3.85. The first-order valence-electron chi connectivity index (χ1n) is 7.31. The van der Waals surface area contributed by atoms with E-state index in [1.807, 2.05) is 23.6 Å². The number of hydrogen-bond donors (Lipinski definition) is 2. The predicted octanol–water partition coefficient (Wildman–Crippen LogP) is 4.02. The van der Waals surface area contributed by atoms with Crippen molar-refractivity contribution < 1.29 is 9.59 Å². The molecule has 0 spiro atoms.